The fourth-order valence-electron chi connectivity index (χ4n) is 4.29. The highest BCUT2D eigenvalue weighted by molar-refractivity contribution is 5.93. The molecule has 2 aliphatic rings. The van der Waals surface area contributed by atoms with E-state index in [9.17, 15) is 18.0 Å². The smallest absolute Gasteiger partial charge is 0.449 e. The number of nitriles is 1. The fraction of sp³-hybridized carbons (Fsp3) is 0.333. The molecule has 0 aromatic carbocycles. The molecule has 1 saturated carbocycles. The Morgan fingerprint density at radius 3 is 2.59 bits per heavy atom. The van der Waals surface area contributed by atoms with E-state index in [-0.39, 0.29) is 28.4 Å². The Balaban J connectivity index is 1.36. The van der Waals surface area contributed by atoms with Gasteiger partial charge < -0.3 is 9.64 Å². The van der Waals surface area contributed by atoms with Crippen LogP contribution in [0.25, 0.3) is 22.2 Å². The van der Waals surface area contributed by atoms with E-state index in [1.807, 2.05) is 21.8 Å². The minimum atomic E-state index is -4.84. The lowest BCUT2D eigenvalue weighted by atomic mass is 10.1. The first-order valence-corrected chi connectivity index (χ1v) is 11.5. The van der Waals surface area contributed by atoms with Crippen LogP contribution in [0.2, 0.25) is 0 Å². The van der Waals surface area contributed by atoms with Crippen molar-refractivity contribution in [1.82, 2.24) is 29.3 Å². The van der Waals surface area contributed by atoms with Crippen molar-refractivity contribution in [3.63, 3.8) is 0 Å². The summed E-state index contributed by atoms with van der Waals surface area (Å²) in [5.74, 6) is -0.254. The molecule has 37 heavy (non-hydrogen) atoms. The molecule has 6 rings (SSSR count). The summed E-state index contributed by atoms with van der Waals surface area (Å²) in [6.45, 7) is 0.930. The number of halogens is 3. The first kappa shape index (κ1) is 23.0. The zero-order valence-corrected chi connectivity index (χ0v) is 19.5. The topological polar surface area (TPSA) is 115 Å². The van der Waals surface area contributed by atoms with Crippen LogP contribution < -0.4 is 15.2 Å². The maximum Gasteiger partial charge on any atom is 0.449 e. The molecule has 0 N–H and O–H groups in total. The first-order chi connectivity index (χ1) is 17.7. The van der Waals surface area contributed by atoms with Crippen LogP contribution in [0.4, 0.5) is 19.0 Å². The van der Waals surface area contributed by atoms with E-state index >= 15 is 0 Å². The number of hydrogen-bond donors (Lipinski definition) is 0. The van der Waals surface area contributed by atoms with Crippen molar-refractivity contribution in [3.05, 3.63) is 58.7 Å². The van der Waals surface area contributed by atoms with Gasteiger partial charge in [-0.2, -0.15) is 23.5 Å². The lowest BCUT2D eigenvalue weighted by Crippen LogP contribution is -2.54. The SMILES string of the molecule is Cn1c(C(F)(F)F)nc2c(-c3ccc(C#N)nc3)nc(N3CC(Oc4cnn(C5CC5)c4)C3)cc2c1=O. The minimum absolute atomic E-state index is 0.00469. The van der Waals surface area contributed by atoms with Gasteiger partial charge in [-0.05, 0) is 31.0 Å². The molecule has 0 bridgehead atoms. The van der Waals surface area contributed by atoms with E-state index in [4.69, 9.17) is 10.00 Å². The summed E-state index contributed by atoms with van der Waals surface area (Å²) in [5, 5.41) is 13.4. The molecule has 0 radical (unpaired) electrons. The minimum Gasteiger partial charge on any atom is -0.483 e. The molecule has 1 saturated heterocycles. The molecule has 5 heterocycles. The van der Waals surface area contributed by atoms with Gasteiger partial charge in [-0.1, -0.05) is 0 Å². The quantitative estimate of drug-likeness (QED) is 0.404. The summed E-state index contributed by atoms with van der Waals surface area (Å²) < 4.78 is 49.2. The fourth-order valence-corrected chi connectivity index (χ4v) is 4.29. The van der Waals surface area contributed by atoms with E-state index in [2.05, 4.69) is 20.1 Å². The Hall–Kier alpha value is -4.47. The van der Waals surface area contributed by atoms with Gasteiger partial charge >= 0.3 is 6.18 Å². The molecule has 4 aromatic rings. The molecule has 4 aromatic heterocycles. The highest BCUT2D eigenvalue weighted by atomic mass is 19.4. The van der Waals surface area contributed by atoms with E-state index in [1.54, 1.807) is 6.20 Å². The molecule has 13 heteroatoms. The van der Waals surface area contributed by atoms with Crippen LogP contribution in [0.1, 0.15) is 30.4 Å². The third kappa shape index (κ3) is 4.14. The summed E-state index contributed by atoms with van der Waals surface area (Å²) in [6, 6.07) is 6.74. The van der Waals surface area contributed by atoms with Crippen LogP contribution in [0, 0.1) is 11.3 Å². The second-order valence-corrected chi connectivity index (χ2v) is 9.10. The van der Waals surface area contributed by atoms with Crippen molar-refractivity contribution < 1.29 is 17.9 Å². The van der Waals surface area contributed by atoms with Gasteiger partial charge in [0.25, 0.3) is 5.56 Å². The second-order valence-electron chi connectivity index (χ2n) is 9.10. The number of aromatic nitrogens is 6. The molecule has 10 nitrogen and oxygen atoms in total. The molecular formula is C24H19F3N8O2. The zero-order valence-electron chi connectivity index (χ0n) is 19.5. The summed E-state index contributed by atoms with van der Waals surface area (Å²) in [4.78, 5) is 27.2. The van der Waals surface area contributed by atoms with Crippen LogP contribution in [-0.2, 0) is 13.2 Å². The maximum atomic E-state index is 13.6. The Morgan fingerprint density at radius 1 is 1.16 bits per heavy atom. The highest BCUT2D eigenvalue weighted by Crippen LogP contribution is 2.36. The number of ether oxygens (including phenoxy) is 1. The number of fused-ring (bicyclic) bond motifs is 1. The van der Waals surface area contributed by atoms with Crippen LogP contribution in [-0.4, -0.2) is 48.5 Å². The van der Waals surface area contributed by atoms with Crippen molar-refractivity contribution in [2.75, 3.05) is 18.0 Å². The molecular weight excluding hydrogens is 489 g/mol. The Morgan fingerprint density at radius 2 is 1.95 bits per heavy atom. The van der Waals surface area contributed by atoms with Gasteiger partial charge in [-0.3, -0.25) is 14.0 Å². The molecule has 1 aliphatic carbocycles. The van der Waals surface area contributed by atoms with Gasteiger partial charge in [0.05, 0.1) is 36.9 Å². The molecule has 1 aliphatic heterocycles. The van der Waals surface area contributed by atoms with Crippen molar-refractivity contribution >= 4 is 16.7 Å². The lowest BCUT2D eigenvalue weighted by Gasteiger charge is -2.39. The summed E-state index contributed by atoms with van der Waals surface area (Å²) in [6.07, 6.45) is 2.13. The summed E-state index contributed by atoms with van der Waals surface area (Å²) in [5.41, 5.74) is -0.490. The predicted molar refractivity (Wildman–Crippen MR) is 125 cm³/mol. The zero-order chi connectivity index (χ0) is 25.9. The number of rotatable bonds is 5. The van der Waals surface area contributed by atoms with Gasteiger partial charge in [0.1, 0.15) is 34.9 Å². The van der Waals surface area contributed by atoms with E-state index in [1.165, 1.54) is 24.4 Å². The van der Waals surface area contributed by atoms with E-state index in [0.717, 1.165) is 19.9 Å². The standard InChI is InChI=1S/C24H19F3N8O2/c1-33-22(36)18-6-19(34-10-17(11-34)37-16-9-30-35(12-16)15-4-5-15)31-20(13-2-3-14(7-28)29-8-13)21(18)32-23(33)24(25,26)27/h2-3,6,8-9,12,15,17H,4-5,10-11H2,1H3. The van der Waals surface area contributed by atoms with Gasteiger partial charge in [0, 0.05) is 18.8 Å². The van der Waals surface area contributed by atoms with Crippen molar-refractivity contribution in [3.8, 4) is 23.1 Å². The van der Waals surface area contributed by atoms with Gasteiger partial charge in [0.15, 0.2) is 5.75 Å². The predicted octanol–water partition coefficient (Wildman–Crippen LogP) is 3.08. The van der Waals surface area contributed by atoms with Gasteiger partial charge in [-0.15, -0.1) is 0 Å². The largest absolute Gasteiger partial charge is 0.483 e. The highest BCUT2D eigenvalue weighted by Gasteiger charge is 2.37. The van der Waals surface area contributed by atoms with Crippen LogP contribution >= 0.6 is 0 Å². The van der Waals surface area contributed by atoms with Crippen LogP contribution in [0.3, 0.4) is 0 Å². The van der Waals surface area contributed by atoms with Crippen molar-refractivity contribution in [2.45, 2.75) is 31.2 Å². The van der Waals surface area contributed by atoms with Crippen LogP contribution in [0.15, 0.2) is 41.6 Å². The van der Waals surface area contributed by atoms with Crippen LogP contribution in [0.5, 0.6) is 5.75 Å². The number of alkyl halides is 3. The third-order valence-corrected chi connectivity index (χ3v) is 6.43. The second kappa shape index (κ2) is 8.29. The monoisotopic (exact) mass is 508 g/mol. The normalized spacial score (nSPS) is 16.0. The molecule has 188 valence electrons. The first-order valence-electron chi connectivity index (χ1n) is 11.5. The Kier molecular flexibility index (Phi) is 5.15. The molecule has 0 spiro atoms. The van der Waals surface area contributed by atoms with Gasteiger partial charge in [0.2, 0.25) is 5.82 Å². The summed E-state index contributed by atoms with van der Waals surface area (Å²) >= 11 is 0. The molecule has 0 amide bonds. The maximum absolute atomic E-state index is 13.6. The number of nitrogens with zero attached hydrogens (tertiary/aromatic N) is 8. The summed E-state index contributed by atoms with van der Waals surface area (Å²) in [7, 11) is 1.04. The van der Waals surface area contributed by atoms with E-state index in [0.29, 0.717) is 40.8 Å². The van der Waals surface area contributed by atoms with Gasteiger partial charge in [-0.25, -0.2) is 15.0 Å². The molecule has 0 unspecified atom stereocenters. The third-order valence-electron chi connectivity index (χ3n) is 6.43. The number of pyridine rings is 2. The number of hydrogen-bond acceptors (Lipinski definition) is 8. The average Bonchev–Trinajstić information content (AvgIpc) is 3.60. The van der Waals surface area contributed by atoms with Crippen molar-refractivity contribution in [2.24, 2.45) is 7.05 Å². The Labute approximate surface area is 207 Å². The molecule has 2 fully saturated rings. The van der Waals surface area contributed by atoms with E-state index < -0.39 is 17.6 Å². The number of anilines is 1. The lowest BCUT2D eigenvalue weighted by molar-refractivity contribution is -0.147. The molecule has 0 atom stereocenters. The Bertz CT molecular complexity index is 1610. The average molecular weight is 508 g/mol. The van der Waals surface area contributed by atoms with Crippen molar-refractivity contribution in [1.29, 1.82) is 5.26 Å².